The second-order valence-electron chi connectivity index (χ2n) is 8.55. The van der Waals surface area contributed by atoms with Gasteiger partial charge >= 0.3 is 0 Å². The molecule has 0 bridgehead atoms. The molecule has 1 aliphatic rings. The first kappa shape index (κ1) is 20.0. The monoisotopic (exact) mass is 351 g/mol. The number of allylic oxidation sites excluding steroid dienone is 2. The van der Waals surface area contributed by atoms with E-state index in [-0.39, 0.29) is 5.41 Å². The highest BCUT2D eigenvalue weighted by molar-refractivity contribution is 5.93. The number of hydrogen-bond donors (Lipinski definition) is 0. The van der Waals surface area contributed by atoms with Crippen molar-refractivity contribution in [2.45, 2.75) is 47.0 Å². The van der Waals surface area contributed by atoms with Crippen molar-refractivity contribution < 1.29 is 0 Å². The summed E-state index contributed by atoms with van der Waals surface area (Å²) in [6, 6.07) is 8.70. The van der Waals surface area contributed by atoms with Crippen molar-refractivity contribution in [1.82, 2.24) is 9.91 Å². The van der Waals surface area contributed by atoms with Crippen molar-refractivity contribution in [2.75, 3.05) is 13.6 Å². The maximum Gasteiger partial charge on any atom is 0.149 e. The first-order valence-corrected chi connectivity index (χ1v) is 9.27. The summed E-state index contributed by atoms with van der Waals surface area (Å²) in [6.07, 6.45) is 5.20. The molecule has 3 heteroatoms. The number of hydrazone groups is 1. The van der Waals surface area contributed by atoms with E-state index in [0.717, 1.165) is 30.2 Å². The lowest BCUT2D eigenvalue weighted by atomic mass is 9.90. The molecule has 0 radical (unpaired) electrons. The summed E-state index contributed by atoms with van der Waals surface area (Å²) >= 11 is 0. The molecule has 1 aromatic carbocycles. The molecule has 0 fully saturated rings. The summed E-state index contributed by atoms with van der Waals surface area (Å²) in [6.45, 7) is 20.1. The van der Waals surface area contributed by atoms with Crippen LogP contribution in [-0.4, -0.2) is 29.3 Å². The van der Waals surface area contributed by atoms with Gasteiger partial charge in [-0.05, 0) is 36.3 Å². The van der Waals surface area contributed by atoms with Gasteiger partial charge in [-0.15, -0.1) is 0 Å². The Labute approximate surface area is 159 Å². The van der Waals surface area contributed by atoms with Crippen LogP contribution in [0.3, 0.4) is 0 Å². The fourth-order valence-electron chi connectivity index (χ4n) is 3.02. The van der Waals surface area contributed by atoms with E-state index in [1.165, 1.54) is 11.1 Å². The smallest absolute Gasteiger partial charge is 0.149 e. The fourth-order valence-corrected chi connectivity index (χ4v) is 3.02. The zero-order valence-electron chi connectivity index (χ0n) is 17.2. The molecule has 1 aliphatic heterocycles. The van der Waals surface area contributed by atoms with Crippen LogP contribution in [0.2, 0.25) is 0 Å². The molecule has 140 valence electrons. The number of amidine groups is 1. The average molecular weight is 352 g/mol. The van der Waals surface area contributed by atoms with Crippen molar-refractivity contribution in [1.29, 1.82) is 0 Å². The van der Waals surface area contributed by atoms with Crippen LogP contribution in [-0.2, 0) is 0 Å². The number of aryl methyl sites for hydroxylation is 1. The third kappa shape index (κ3) is 5.35. The van der Waals surface area contributed by atoms with Gasteiger partial charge in [0.25, 0.3) is 0 Å². The van der Waals surface area contributed by atoms with E-state index in [4.69, 9.17) is 5.10 Å². The lowest BCUT2D eigenvalue weighted by Crippen LogP contribution is -2.38. The van der Waals surface area contributed by atoms with Crippen molar-refractivity contribution >= 4 is 5.84 Å². The van der Waals surface area contributed by atoms with Gasteiger partial charge in [0.2, 0.25) is 0 Å². The van der Waals surface area contributed by atoms with Crippen LogP contribution in [0.5, 0.6) is 0 Å². The van der Waals surface area contributed by atoms with E-state index in [1.807, 2.05) is 5.01 Å². The third-order valence-electron chi connectivity index (χ3n) is 4.48. The summed E-state index contributed by atoms with van der Waals surface area (Å²) < 4.78 is 0. The molecule has 2 rings (SSSR count). The number of rotatable bonds is 5. The van der Waals surface area contributed by atoms with E-state index in [2.05, 4.69) is 96.1 Å². The Morgan fingerprint density at radius 2 is 1.88 bits per heavy atom. The molecule has 0 saturated carbocycles. The van der Waals surface area contributed by atoms with Gasteiger partial charge in [0.05, 0.1) is 12.2 Å². The van der Waals surface area contributed by atoms with E-state index in [1.54, 1.807) is 0 Å². The SMILES string of the molecule is C=C1CN(C)C(/C=C\C(C)c2ccc(C)cc2)=NN1C(=C)CC(C)(C)C. The summed E-state index contributed by atoms with van der Waals surface area (Å²) in [5.74, 6) is 1.27. The molecule has 1 unspecified atom stereocenters. The minimum Gasteiger partial charge on any atom is -0.352 e. The molecular weight excluding hydrogens is 318 g/mol. The van der Waals surface area contributed by atoms with E-state index >= 15 is 0 Å². The summed E-state index contributed by atoms with van der Waals surface area (Å²) in [5.41, 5.74) is 4.72. The van der Waals surface area contributed by atoms with Crippen LogP contribution in [0.4, 0.5) is 0 Å². The van der Waals surface area contributed by atoms with Crippen LogP contribution in [0, 0.1) is 12.3 Å². The zero-order chi connectivity index (χ0) is 19.5. The molecule has 0 saturated heterocycles. The Morgan fingerprint density at radius 3 is 2.46 bits per heavy atom. The third-order valence-corrected chi connectivity index (χ3v) is 4.48. The highest BCUT2D eigenvalue weighted by Gasteiger charge is 2.23. The second-order valence-corrected chi connectivity index (χ2v) is 8.55. The number of nitrogens with zero attached hydrogens (tertiary/aromatic N) is 3. The molecule has 1 aromatic rings. The lowest BCUT2D eigenvalue weighted by Gasteiger charge is -2.35. The Hall–Kier alpha value is -2.29. The topological polar surface area (TPSA) is 18.8 Å². The standard InChI is InChI=1S/C23H33N3/c1-17-9-12-21(13-10-17)18(2)11-14-22-24-26(20(4)16-25(22)8)19(3)15-23(5,6)7/h9-14,18H,3-4,15-16H2,1-2,5-8H3/b14-11-. The van der Waals surface area contributed by atoms with Gasteiger partial charge in [-0.1, -0.05) is 76.8 Å². The largest absolute Gasteiger partial charge is 0.352 e. The number of likely N-dealkylation sites (N-methyl/N-ethyl adjacent to an activating group) is 1. The zero-order valence-corrected chi connectivity index (χ0v) is 17.2. The Morgan fingerprint density at radius 1 is 1.27 bits per heavy atom. The summed E-state index contributed by atoms with van der Waals surface area (Å²) in [7, 11) is 2.05. The van der Waals surface area contributed by atoms with Gasteiger partial charge in [-0.3, -0.25) is 0 Å². The summed E-state index contributed by atoms with van der Waals surface area (Å²) in [5, 5.41) is 6.72. The fraction of sp³-hybridized carbons (Fsp3) is 0.435. The van der Waals surface area contributed by atoms with Gasteiger partial charge in [-0.2, -0.15) is 5.10 Å². The first-order valence-electron chi connectivity index (χ1n) is 9.27. The van der Waals surface area contributed by atoms with Crippen molar-refractivity contribution in [3.63, 3.8) is 0 Å². The number of benzene rings is 1. The number of hydrogen-bond acceptors (Lipinski definition) is 3. The van der Waals surface area contributed by atoms with Gasteiger partial charge < -0.3 is 4.90 Å². The maximum absolute atomic E-state index is 4.80. The Kier molecular flexibility index (Phi) is 6.12. The molecule has 0 aromatic heterocycles. The van der Waals surface area contributed by atoms with Crippen LogP contribution < -0.4 is 0 Å². The molecule has 3 nitrogen and oxygen atoms in total. The van der Waals surface area contributed by atoms with Crippen molar-refractivity contribution in [2.24, 2.45) is 10.5 Å². The quantitative estimate of drug-likeness (QED) is 0.679. The Bertz CT molecular complexity index is 717. The maximum atomic E-state index is 4.80. The van der Waals surface area contributed by atoms with E-state index in [9.17, 15) is 0 Å². The van der Waals surface area contributed by atoms with Crippen molar-refractivity contribution in [3.05, 3.63) is 72.1 Å². The minimum atomic E-state index is 0.173. The molecule has 0 spiro atoms. The Balaban J connectivity index is 2.17. The second kappa shape index (κ2) is 7.94. The van der Waals surface area contributed by atoms with Gasteiger partial charge in [0, 0.05) is 12.7 Å². The molecule has 0 aliphatic carbocycles. The predicted octanol–water partition coefficient (Wildman–Crippen LogP) is 5.68. The summed E-state index contributed by atoms with van der Waals surface area (Å²) in [4.78, 5) is 2.13. The molecular formula is C23H33N3. The molecule has 1 heterocycles. The minimum absolute atomic E-state index is 0.173. The van der Waals surface area contributed by atoms with Crippen LogP contribution >= 0.6 is 0 Å². The van der Waals surface area contributed by atoms with E-state index in [0.29, 0.717) is 5.92 Å². The highest BCUT2D eigenvalue weighted by Crippen LogP contribution is 2.29. The molecule has 1 atom stereocenters. The van der Waals surface area contributed by atoms with Gasteiger partial charge in [0.15, 0.2) is 0 Å². The predicted molar refractivity (Wildman–Crippen MR) is 113 cm³/mol. The molecule has 26 heavy (non-hydrogen) atoms. The lowest BCUT2D eigenvalue weighted by molar-refractivity contribution is 0.308. The normalized spacial score (nSPS) is 16.8. The molecule has 0 amide bonds. The van der Waals surface area contributed by atoms with Gasteiger partial charge in [0.1, 0.15) is 5.84 Å². The average Bonchev–Trinajstić information content (AvgIpc) is 2.52. The van der Waals surface area contributed by atoms with Crippen LogP contribution in [0.15, 0.2) is 66.1 Å². The van der Waals surface area contributed by atoms with Crippen LogP contribution in [0.1, 0.15) is 51.2 Å². The first-order chi connectivity index (χ1) is 12.1. The van der Waals surface area contributed by atoms with Crippen molar-refractivity contribution in [3.8, 4) is 0 Å². The highest BCUT2D eigenvalue weighted by atomic mass is 15.5. The van der Waals surface area contributed by atoms with Crippen LogP contribution in [0.25, 0.3) is 0 Å². The van der Waals surface area contributed by atoms with E-state index < -0.39 is 0 Å². The van der Waals surface area contributed by atoms with Gasteiger partial charge in [-0.25, -0.2) is 5.01 Å². The molecule has 0 N–H and O–H groups in total.